The van der Waals surface area contributed by atoms with E-state index in [4.69, 9.17) is 15.7 Å². The third-order valence-corrected chi connectivity index (χ3v) is 1.98. The molecule has 1 aromatic heterocycles. The molecule has 88 valence electrons. The summed E-state index contributed by atoms with van der Waals surface area (Å²) in [5, 5.41) is 11.3. The van der Waals surface area contributed by atoms with E-state index in [9.17, 15) is 0 Å². The van der Waals surface area contributed by atoms with Crippen molar-refractivity contribution in [1.82, 2.24) is 9.97 Å². The van der Waals surface area contributed by atoms with Crippen LogP contribution in [0, 0.1) is 0 Å². The van der Waals surface area contributed by atoms with E-state index in [2.05, 4.69) is 22.0 Å². The number of rotatable bonds is 6. The second-order valence-electron chi connectivity index (χ2n) is 3.27. The smallest absolute Gasteiger partial charge is 0.317 e. The van der Waals surface area contributed by atoms with Crippen LogP contribution in [0.3, 0.4) is 0 Å². The van der Waals surface area contributed by atoms with Crippen molar-refractivity contribution in [3.8, 4) is 6.01 Å². The zero-order valence-corrected chi connectivity index (χ0v) is 9.26. The Kier molecular flexibility index (Phi) is 5.04. The molecule has 0 spiro atoms. The van der Waals surface area contributed by atoms with Gasteiger partial charge in [0.2, 0.25) is 0 Å². The van der Waals surface area contributed by atoms with E-state index < -0.39 is 0 Å². The molecule has 0 saturated heterocycles. The zero-order valence-electron chi connectivity index (χ0n) is 9.26. The Bertz CT molecular complexity index is 354. The monoisotopic (exact) mass is 224 g/mol. The van der Waals surface area contributed by atoms with Gasteiger partial charge >= 0.3 is 6.01 Å². The quantitative estimate of drug-likeness (QED) is 0.248. The zero-order chi connectivity index (χ0) is 11.8. The Hall–Kier alpha value is -1.85. The number of hydrogen-bond donors (Lipinski definition) is 2. The lowest BCUT2D eigenvalue weighted by molar-refractivity contribution is 0.282. The fourth-order valence-electron chi connectivity index (χ4n) is 1.12. The van der Waals surface area contributed by atoms with Crippen molar-refractivity contribution < 1.29 is 9.94 Å². The number of nitrogens with two attached hydrogens (primary N) is 1. The van der Waals surface area contributed by atoms with Gasteiger partial charge in [0, 0.05) is 6.20 Å². The van der Waals surface area contributed by atoms with Crippen molar-refractivity contribution in [2.45, 2.75) is 26.2 Å². The van der Waals surface area contributed by atoms with Crippen LogP contribution in [0.1, 0.15) is 31.9 Å². The first kappa shape index (κ1) is 12.2. The molecular weight excluding hydrogens is 208 g/mol. The van der Waals surface area contributed by atoms with Gasteiger partial charge in [0.1, 0.15) is 5.69 Å². The standard InChI is InChI=1S/C10H16N4O2/c1-2-3-4-7-16-10-12-6-5-8(13-10)9(11)14-15/h5-6,15H,2-4,7H2,1H3,(H2,11,14). The summed E-state index contributed by atoms with van der Waals surface area (Å²) in [6.07, 6.45) is 4.72. The third kappa shape index (κ3) is 3.72. The van der Waals surface area contributed by atoms with E-state index >= 15 is 0 Å². The molecule has 0 amide bonds. The van der Waals surface area contributed by atoms with Gasteiger partial charge in [-0.1, -0.05) is 24.9 Å². The maximum Gasteiger partial charge on any atom is 0.317 e. The topological polar surface area (TPSA) is 93.6 Å². The highest BCUT2D eigenvalue weighted by molar-refractivity contribution is 5.95. The number of aromatic nitrogens is 2. The number of ether oxygens (including phenoxy) is 1. The summed E-state index contributed by atoms with van der Waals surface area (Å²) in [7, 11) is 0. The molecule has 0 bridgehead atoms. The van der Waals surface area contributed by atoms with Gasteiger partial charge in [-0.3, -0.25) is 0 Å². The molecule has 1 rings (SSSR count). The van der Waals surface area contributed by atoms with Crippen LogP contribution in [-0.4, -0.2) is 27.6 Å². The summed E-state index contributed by atoms with van der Waals surface area (Å²) in [5.41, 5.74) is 5.74. The lowest BCUT2D eigenvalue weighted by Gasteiger charge is -2.04. The first-order valence-electron chi connectivity index (χ1n) is 5.21. The van der Waals surface area contributed by atoms with E-state index in [0.29, 0.717) is 12.3 Å². The van der Waals surface area contributed by atoms with Gasteiger partial charge in [0.15, 0.2) is 5.84 Å². The highest BCUT2D eigenvalue weighted by Gasteiger charge is 2.03. The summed E-state index contributed by atoms with van der Waals surface area (Å²) < 4.78 is 5.33. The van der Waals surface area contributed by atoms with Gasteiger partial charge in [-0.25, -0.2) is 4.98 Å². The highest BCUT2D eigenvalue weighted by Crippen LogP contribution is 2.04. The molecule has 1 aromatic rings. The van der Waals surface area contributed by atoms with Crippen LogP contribution in [0.25, 0.3) is 0 Å². The van der Waals surface area contributed by atoms with E-state index in [1.54, 1.807) is 6.07 Å². The molecule has 0 aliphatic rings. The first-order valence-corrected chi connectivity index (χ1v) is 5.21. The minimum atomic E-state index is -0.0548. The normalized spacial score (nSPS) is 11.4. The molecule has 0 aliphatic heterocycles. The lowest BCUT2D eigenvalue weighted by atomic mass is 10.3. The maximum absolute atomic E-state index is 8.49. The second-order valence-corrected chi connectivity index (χ2v) is 3.27. The summed E-state index contributed by atoms with van der Waals surface area (Å²) in [6.45, 7) is 2.70. The van der Waals surface area contributed by atoms with Gasteiger partial charge < -0.3 is 15.7 Å². The average molecular weight is 224 g/mol. The molecule has 0 aliphatic carbocycles. The molecule has 6 heteroatoms. The van der Waals surface area contributed by atoms with Gasteiger partial charge in [-0.2, -0.15) is 4.98 Å². The van der Waals surface area contributed by atoms with E-state index in [-0.39, 0.29) is 11.8 Å². The summed E-state index contributed by atoms with van der Waals surface area (Å²) in [5.74, 6) is -0.0548. The van der Waals surface area contributed by atoms with Crippen molar-refractivity contribution in [2.24, 2.45) is 10.9 Å². The number of hydrogen-bond acceptors (Lipinski definition) is 5. The maximum atomic E-state index is 8.49. The Morgan fingerprint density at radius 1 is 1.56 bits per heavy atom. The SMILES string of the molecule is CCCCCOc1nccc(/C(N)=N/O)n1. The van der Waals surface area contributed by atoms with Crippen molar-refractivity contribution in [1.29, 1.82) is 0 Å². The molecule has 0 fully saturated rings. The van der Waals surface area contributed by atoms with Crippen molar-refractivity contribution in [2.75, 3.05) is 6.61 Å². The van der Waals surface area contributed by atoms with Crippen LogP contribution in [-0.2, 0) is 0 Å². The van der Waals surface area contributed by atoms with Crippen LogP contribution >= 0.6 is 0 Å². The largest absolute Gasteiger partial charge is 0.463 e. The molecule has 3 N–H and O–H groups in total. The fourth-order valence-corrected chi connectivity index (χ4v) is 1.12. The number of nitrogens with zero attached hydrogens (tertiary/aromatic N) is 3. The molecular formula is C10H16N4O2. The molecule has 0 saturated carbocycles. The van der Waals surface area contributed by atoms with Crippen LogP contribution < -0.4 is 10.5 Å². The Morgan fingerprint density at radius 3 is 3.06 bits per heavy atom. The summed E-state index contributed by atoms with van der Waals surface area (Å²) in [6, 6.07) is 1.80. The molecule has 6 nitrogen and oxygen atoms in total. The number of unbranched alkanes of at least 4 members (excludes halogenated alkanes) is 2. The van der Waals surface area contributed by atoms with Crippen LogP contribution in [0.5, 0.6) is 6.01 Å². The van der Waals surface area contributed by atoms with E-state index in [0.717, 1.165) is 19.3 Å². The van der Waals surface area contributed by atoms with E-state index in [1.807, 2.05) is 0 Å². The molecule has 0 aromatic carbocycles. The van der Waals surface area contributed by atoms with Crippen LogP contribution in [0.2, 0.25) is 0 Å². The molecule has 16 heavy (non-hydrogen) atoms. The molecule has 0 radical (unpaired) electrons. The summed E-state index contributed by atoms with van der Waals surface area (Å²) in [4.78, 5) is 7.92. The Balaban J connectivity index is 2.54. The summed E-state index contributed by atoms with van der Waals surface area (Å²) >= 11 is 0. The molecule has 0 atom stereocenters. The number of oxime groups is 1. The van der Waals surface area contributed by atoms with Crippen molar-refractivity contribution in [3.05, 3.63) is 18.0 Å². The van der Waals surface area contributed by atoms with Gasteiger partial charge in [-0.15, -0.1) is 0 Å². The highest BCUT2D eigenvalue weighted by atomic mass is 16.5. The Labute approximate surface area is 94.2 Å². The lowest BCUT2D eigenvalue weighted by Crippen LogP contribution is -2.15. The molecule has 1 heterocycles. The number of amidine groups is 1. The minimum Gasteiger partial charge on any atom is -0.463 e. The first-order chi connectivity index (χ1) is 7.77. The predicted octanol–water partition coefficient (Wildman–Crippen LogP) is 1.14. The van der Waals surface area contributed by atoms with Crippen LogP contribution in [0.4, 0.5) is 0 Å². The second kappa shape index (κ2) is 6.60. The van der Waals surface area contributed by atoms with Gasteiger partial charge in [0.05, 0.1) is 6.61 Å². The third-order valence-electron chi connectivity index (χ3n) is 1.98. The van der Waals surface area contributed by atoms with Gasteiger partial charge in [0.25, 0.3) is 0 Å². The van der Waals surface area contributed by atoms with Crippen molar-refractivity contribution in [3.63, 3.8) is 0 Å². The Morgan fingerprint density at radius 2 is 2.38 bits per heavy atom. The van der Waals surface area contributed by atoms with Crippen molar-refractivity contribution >= 4 is 5.84 Å². The average Bonchev–Trinajstić information content (AvgIpc) is 2.34. The fraction of sp³-hybridized carbons (Fsp3) is 0.500. The minimum absolute atomic E-state index is 0.0548. The van der Waals surface area contributed by atoms with Crippen LogP contribution in [0.15, 0.2) is 17.4 Å². The molecule has 0 unspecified atom stereocenters. The predicted molar refractivity (Wildman–Crippen MR) is 59.6 cm³/mol. The van der Waals surface area contributed by atoms with E-state index in [1.165, 1.54) is 6.20 Å². The van der Waals surface area contributed by atoms with Gasteiger partial charge in [-0.05, 0) is 12.5 Å².